The van der Waals surface area contributed by atoms with Crippen LogP contribution in [0.1, 0.15) is 27.2 Å². The van der Waals surface area contributed by atoms with Crippen molar-refractivity contribution in [1.29, 1.82) is 0 Å². The van der Waals surface area contributed by atoms with Gasteiger partial charge in [0.05, 0.1) is 6.61 Å². The van der Waals surface area contributed by atoms with Gasteiger partial charge in [-0.05, 0) is 20.3 Å². The van der Waals surface area contributed by atoms with Gasteiger partial charge in [-0.3, -0.25) is 4.79 Å². The van der Waals surface area contributed by atoms with Gasteiger partial charge in [-0.15, -0.1) is 11.6 Å². The average molecular weight is 257 g/mol. The molecule has 0 aliphatic carbocycles. The van der Waals surface area contributed by atoms with E-state index in [-0.39, 0.29) is 5.97 Å². The Labute approximate surface area is 99.3 Å². The van der Waals surface area contributed by atoms with Crippen LogP contribution in [0.5, 0.6) is 0 Å². The first-order chi connectivity index (χ1) is 7.18. The monoisotopic (exact) mass is 256 g/mol. The maximum absolute atomic E-state index is 10.1. The van der Waals surface area contributed by atoms with Crippen LogP contribution in [0.2, 0.25) is 0 Å². The summed E-state index contributed by atoms with van der Waals surface area (Å²) in [6.07, 6.45) is 0.737. The normalized spacial score (nSPS) is 9.07. The average Bonchev–Trinajstić information content (AvgIpc) is 2.20. The number of hydrogen-bond acceptors (Lipinski definition) is 4. The summed E-state index contributed by atoms with van der Waals surface area (Å²) in [7, 11) is -0.589. The molecule has 0 aromatic rings. The van der Waals surface area contributed by atoms with Gasteiger partial charge in [0.15, 0.2) is 0 Å². The molecule has 4 nitrogen and oxygen atoms in total. The Morgan fingerprint density at radius 3 is 2.13 bits per heavy atom. The lowest BCUT2D eigenvalue weighted by Gasteiger charge is -1.96. The minimum Gasteiger partial charge on any atom is -0.466 e. The van der Waals surface area contributed by atoms with Gasteiger partial charge in [0.1, 0.15) is 0 Å². The molecular formula is C9H21ClO4Si. The Kier molecular flexibility index (Phi) is 18.8. The highest BCUT2D eigenvalue weighted by atomic mass is 35.5. The fourth-order valence-corrected chi connectivity index (χ4v) is 1.06. The lowest BCUT2D eigenvalue weighted by molar-refractivity contribution is -0.140. The van der Waals surface area contributed by atoms with Crippen molar-refractivity contribution in [1.82, 2.24) is 0 Å². The van der Waals surface area contributed by atoms with E-state index in [4.69, 9.17) is 20.5 Å². The van der Waals surface area contributed by atoms with Crippen molar-refractivity contribution >= 4 is 27.6 Å². The number of carbonyl (C=O) groups is 1. The van der Waals surface area contributed by atoms with E-state index < -0.39 is 10.0 Å². The highest BCUT2D eigenvalue weighted by molar-refractivity contribution is 6.18. The van der Waals surface area contributed by atoms with Crippen LogP contribution in [0.15, 0.2) is 0 Å². The first kappa shape index (κ1) is 17.3. The Morgan fingerprint density at radius 1 is 1.27 bits per heavy atom. The minimum absolute atomic E-state index is 0.241. The molecule has 0 saturated carbocycles. The fourth-order valence-electron chi connectivity index (χ4n) is 0.496. The van der Waals surface area contributed by atoms with Crippen LogP contribution >= 0.6 is 11.6 Å². The number of rotatable bonds is 7. The number of carbonyl (C=O) groups excluding carboxylic acids is 1. The number of esters is 1. The van der Waals surface area contributed by atoms with Crippen molar-refractivity contribution in [2.24, 2.45) is 0 Å². The van der Waals surface area contributed by atoms with Crippen LogP contribution in [0, 0.1) is 0 Å². The molecule has 0 radical (unpaired) electrons. The maximum atomic E-state index is 10.1. The standard InChI is InChI=1S/C5H9ClO2.C4H12O2Si/c1-5(7)8-4-2-3-6;1-3-5-7-6-4-2/h2-4H2,1H3;3-4,7H2,1-2H3. The smallest absolute Gasteiger partial charge is 0.304 e. The third-order valence-corrected chi connectivity index (χ3v) is 2.58. The van der Waals surface area contributed by atoms with Crippen molar-refractivity contribution < 1.29 is 18.4 Å². The summed E-state index contributed by atoms with van der Waals surface area (Å²) < 4.78 is 14.5. The third-order valence-electron chi connectivity index (χ3n) is 1.16. The molecule has 0 bridgehead atoms. The second-order valence-electron chi connectivity index (χ2n) is 2.49. The molecule has 0 aliphatic heterocycles. The number of hydrogen-bond donors (Lipinski definition) is 0. The van der Waals surface area contributed by atoms with Crippen molar-refractivity contribution in [3.63, 3.8) is 0 Å². The Balaban J connectivity index is 0. The molecule has 15 heavy (non-hydrogen) atoms. The van der Waals surface area contributed by atoms with Gasteiger partial charge in [-0.2, -0.15) is 0 Å². The van der Waals surface area contributed by atoms with Gasteiger partial charge in [0.25, 0.3) is 0 Å². The quantitative estimate of drug-likeness (QED) is 0.298. The molecule has 0 rings (SSSR count). The molecule has 0 aliphatic rings. The van der Waals surface area contributed by atoms with E-state index in [0.29, 0.717) is 12.5 Å². The topological polar surface area (TPSA) is 44.8 Å². The predicted octanol–water partition coefficient (Wildman–Crippen LogP) is 1.24. The predicted molar refractivity (Wildman–Crippen MR) is 63.8 cm³/mol. The van der Waals surface area contributed by atoms with Gasteiger partial charge < -0.3 is 13.6 Å². The van der Waals surface area contributed by atoms with Crippen molar-refractivity contribution in [2.45, 2.75) is 27.2 Å². The lowest BCUT2D eigenvalue weighted by atomic mass is 10.5. The molecule has 0 atom stereocenters. The van der Waals surface area contributed by atoms with Crippen LogP contribution in [0.3, 0.4) is 0 Å². The molecule has 0 aromatic carbocycles. The fraction of sp³-hybridized carbons (Fsp3) is 0.889. The van der Waals surface area contributed by atoms with Crippen molar-refractivity contribution in [3.05, 3.63) is 0 Å². The molecule has 0 amide bonds. The highest BCUT2D eigenvalue weighted by Gasteiger charge is 1.88. The summed E-state index contributed by atoms with van der Waals surface area (Å²) in [6, 6.07) is 0. The first-order valence-electron chi connectivity index (χ1n) is 5.03. The van der Waals surface area contributed by atoms with E-state index in [0.717, 1.165) is 19.6 Å². The zero-order valence-electron chi connectivity index (χ0n) is 9.75. The van der Waals surface area contributed by atoms with Crippen LogP contribution < -0.4 is 0 Å². The number of ether oxygens (including phenoxy) is 1. The molecule has 6 heteroatoms. The highest BCUT2D eigenvalue weighted by Crippen LogP contribution is 1.85. The molecular weight excluding hydrogens is 236 g/mol. The Bertz CT molecular complexity index is 131. The van der Waals surface area contributed by atoms with E-state index in [1.54, 1.807) is 0 Å². The van der Waals surface area contributed by atoms with E-state index in [1.807, 2.05) is 13.8 Å². The molecule has 92 valence electrons. The van der Waals surface area contributed by atoms with Crippen LogP contribution in [-0.4, -0.2) is 41.7 Å². The maximum Gasteiger partial charge on any atom is 0.304 e. The van der Waals surface area contributed by atoms with E-state index in [9.17, 15) is 4.79 Å². The van der Waals surface area contributed by atoms with Crippen LogP contribution in [-0.2, 0) is 18.4 Å². The second kappa shape index (κ2) is 16.3. The summed E-state index contributed by atoms with van der Waals surface area (Å²) in [5.41, 5.74) is 0. The molecule has 0 aromatic heterocycles. The summed E-state index contributed by atoms with van der Waals surface area (Å²) in [5, 5.41) is 0. The number of halogens is 1. The van der Waals surface area contributed by atoms with Gasteiger partial charge in [0.2, 0.25) is 0 Å². The molecule has 0 unspecified atom stereocenters. The molecule has 0 saturated heterocycles. The van der Waals surface area contributed by atoms with Gasteiger partial charge >= 0.3 is 16.0 Å². The zero-order chi connectivity index (χ0) is 11.9. The van der Waals surface area contributed by atoms with Crippen molar-refractivity contribution in [3.8, 4) is 0 Å². The second-order valence-corrected chi connectivity index (χ2v) is 3.92. The molecule has 0 heterocycles. The van der Waals surface area contributed by atoms with Gasteiger partial charge in [-0.1, -0.05) is 0 Å². The van der Waals surface area contributed by atoms with Crippen LogP contribution in [0.25, 0.3) is 0 Å². The summed E-state index contributed by atoms with van der Waals surface area (Å²) in [4.78, 5) is 10.1. The van der Waals surface area contributed by atoms with E-state index in [2.05, 4.69) is 4.74 Å². The van der Waals surface area contributed by atoms with Crippen LogP contribution in [0.4, 0.5) is 0 Å². The van der Waals surface area contributed by atoms with E-state index in [1.165, 1.54) is 6.92 Å². The molecule has 0 spiro atoms. The molecule has 0 fully saturated rings. The van der Waals surface area contributed by atoms with Gasteiger partial charge in [0, 0.05) is 26.0 Å². The SMILES string of the molecule is CC(=O)OCCCCl.CCO[SiH2]OCC. The lowest BCUT2D eigenvalue weighted by Crippen LogP contribution is -2.02. The number of alkyl halides is 1. The minimum atomic E-state index is -0.589. The molecule has 0 N–H and O–H groups in total. The summed E-state index contributed by atoms with van der Waals surface area (Å²) in [6.45, 7) is 7.38. The van der Waals surface area contributed by atoms with Crippen molar-refractivity contribution in [2.75, 3.05) is 25.7 Å². The zero-order valence-corrected chi connectivity index (χ0v) is 11.9. The Morgan fingerprint density at radius 2 is 1.80 bits per heavy atom. The third kappa shape index (κ3) is 24.8. The Hall–Kier alpha value is -0.103. The first-order valence-corrected chi connectivity index (χ1v) is 6.72. The van der Waals surface area contributed by atoms with E-state index >= 15 is 0 Å². The largest absolute Gasteiger partial charge is 0.466 e. The summed E-state index contributed by atoms with van der Waals surface area (Å²) >= 11 is 5.29. The van der Waals surface area contributed by atoms with Gasteiger partial charge in [-0.25, -0.2) is 0 Å². The summed E-state index contributed by atoms with van der Waals surface area (Å²) in [5.74, 6) is 0.308.